The van der Waals surface area contributed by atoms with Gasteiger partial charge in [-0.2, -0.15) is 0 Å². The molecule has 1 aromatic heterocycles. The van der Waals surface area contributed by atoms with Crippen molar-refractivity contribution in [2.45, 2.75) is 12.8 Å². The van der Waals surface area contributed by atoms with Crippen LogP contribution < -0.4 is 10.6 Å². The van der Waals surface area contributed by atoms with E-state index in [1.54, 1.807) is 12.4 Å². The second kappa shape index (κ2) is 8.28. The SMILES string of the molecule is Cl.Cl.O=C(CC1CCNC1)Nc1cccnc1. The highest BCUT2D eigenvalue weighted by Gasteiger charge is 2.17. The van der Waals surface area contributed by atoms with Gasteiger partial charge in [-0.25, -0.2) is 0 Å². The molecule has 1 fully saturated rings. The van der Waals surface area contributed by atoms with Crippen LogP contribution in [0.2, 0.25) is 0 Å². The van der Waals surface area contributed by atoms with Gasteiger partial charge in [0.1, 0.15) is 0 Å². The van der Waals surface area contributed by atoms with Crippen molar-refractivity contribution in [3.05, 3.63) is 24.5 Å². The highest BCUT2D eigenvalue weighted by atomic mass is 35.5. The maximum atomic E-state index is 11.6. The zero-order valence-corrected chi connectivity index (χ0v) is 11.0. The van der Waals surface area contributed by atoms with Crippen molar-refractivity contribution >= 4 is 36.4 Å². The van der Waals surface area contributed by atoms with Gasteiger partial charge in [0.05, 0.1) is 11.9 Å². The molecule has 1 aliphatic heterocycles. The van der Waals surface area contributed by atoms with Gasteiger partial charge in [-0.15, -0.1) is 24.8 Å². The number of pyridine rings is 1. The molecule has 1 amide bonds. The van der Waals surface area contributed by atoms with Gasteiger partial charge in [0.25, 0.3) is 0 Å². The molecule has 17 heavy (non-hydrogen) atoms. The quantitative estimate of drug-likeness (QED) is 0.887. The van der Waals surface area contributed by atoms with E-state index in [1.165, 1.54) is 0 Å². The highest BCUT2D eigenvalue weighted by molar-refractivity contribution is 5.90. The van der Waals surface area contributed by atoms with Crippen molar-refractivity contribution in [1.29, 1.82) is 0 Å². The summed E-state index contributed by atoms with van der Waals surface area (Å²) in [7, 11) is 0. The van der Waals surface area contributed by atoms with Crippen molar-refractivity contribution in [2.24, 2.45) is 5.92 Å². The van der Waals surface area contributed by atoms with Gasteiger partial charge in [0.2, 0.25) is 5.91 Å². The monoisotopic (exact) mass is 277 g/mol. The standard InChI is InChI=1S/C11H15N3O.2ClH/c15-11(6-9-3-5-13-7-9)14-10-2-1-4-12-8-10;;/h1-2,4,8-9,13H,3,5-7H2,(H,14,15);2*1H. The molecule has 0 aromatic carbocycles. The Morgan fingerprint density at radius 3 is 2.94 bits per heavy atom. The Labute approximate surface area is 113 Å². The van der Waals surface area contributed by atoms with E-state index in [1.807, 2.05) is 12.1 Å². The Hall–Kier alpha value is -0.840. The largest absolute Gasteiger partial charge is 0.325 e. The lowest BCUT2D eigenvalue weighted by Crippen LogP contribution is -2.18. The van der Waals surface area contributed by atoms with Gasteiger partial charge in [-0.1, -0.05) is 0 Å². The molecule has 0 spiro atoms. The van der Waals surface area contributed by atoms with E-state index in [0.717, 1.165) is 25.2 Å². The van der Waals surface area contributed by atoms with Gasteiger partial charge in [0.15, 0.2) is 0 Å². The summed E-state index contributed by atoms with van der Waals surface area (Å²) in [5.74, 6) is 0.568. The van der Waals surface area contributed by atoms with Gasteiger partial charge >= 0.3 is 0 Å². The molecule has 0 aliphatic carbocycles. The summed E-state index contributed by atoms with van der Waals surface area (Å²) in [5, 5.41) is 6.09. The number of nitrogens with one attached hydrogen (secondary N) is 2. The lowest BCUT2D eigenvalue weighted by Gasteiger charge is -2.08. The summed E-state index contributed by atoms with van der Waals surface area (Å²) in [6.45, 7) is 1.99. The number of hydrogen-bond donors (Lipinski definition) is 2. The minimum atomic E-state index is 0. The average Bonchev–Trinajstić information content (AvgIpc) is 2.71. The lowest BCUT2D eigenvalue weighted by molar-refractivity contribution is -0.116. The first kappa shape index (κ1) is 16.2. The maximum absolute atomic E-state index is 11.6. The Morgan fingerprint density at radius 2 is 2.35 bits per heavy atom. The molecule has 1 unspecified atom stereocenters. The molecule has 1 aliphatic rings. The van der Waals surface area contributed by atoms with Crippen LogP contribution in [0.3, 0.4) is 0 Å². The van der Waals surface area contributed by atoms with E-state index in [0.29, 0.717) is 12.3 Å². The number of halogens is 2. The van der Waals surface area contributed by atoms with Crippen molar-refractivity contribution in [2.75, 3.05) is 18.4 Å². The molecule has 1 aromatic rings. The molecule has 4 nitrogen and oxygen atoms in total. The zero-order valence-electron chi connectivity index (χ0n) is 9.39. The third kappa shape index (κ3) is 5.35. The summed E-state index contributed by atoms with van der Waals surface area (Å²) >= 11 is 0. The van der Waals surface area contributed by atoms with E-state index in [2.05, 4.69) is 15.6 Å². The number of carbonyl (C=O) groups is 1. The molecule has 96 valence electrons. The number of rotatable bonds is 3. The van der Waals surface area contributed by atoms with Gasteiger partial charge < -0.3 is 10.6 Å². The van der Waals surface area contributed by atoms with Crippen molar-refractivity contribution in [3.8, 4) is 0 Å². The smallest absolute Gasteiger partial charge is 0.224 e. The van der Waals surface area contributed by atoms with Crippen LogP contribution in [0.15, 0.2) is 24.5 Å². The number of hydrogen-bond acceptors (Lipinski definition) is 3. The molecule has 2 N–H and O–H groups in total. The number of anilines is 1. The average molecular weight is 278 g/mol. The molecule has 0 bridgehead atoms. The lowest BCUT2D eigenvalue weighted by atomic mass is 10.0. The Morgan fingerprint density at radius 1 is 1.53 bits per heavy atom. The molecule has 1 saturated heterocycles. The minimum absolute atomic E-state index is 0. The third-order valence-electron chi connectivity index (χ3n) is 2.58. The first-order valence-electron chi connectivity index (χ1n) is 5.25. The van der Waals surface area contributed by atoms with Crippen LogP contribution in [0.5, 0.6) is 0 Å². The van der Waals surface area contributed by atoms with Crippen LogP contribution in [0.25, 0.3) is 0 Å². The molecule has 2 rings (SSSR count). The van der Waals surface area contributed by atoms with E-state index in [9.17, 15) is 4.79 Å². The second-order valence-corrected chi connectivity index (χ2v) is 3.85. The Balaban J connectivity index is 0.00000128. The predicted octanol–water partition coefficient (Wildman–Crippen LogP) is 1.86. The van der Waals surface area contributed by atoms with E-state index >= 15 is 0 Å². The summed E-state index contributed by atoms with van der Waals surface area (Å²) in [5.41, 5.74) is 0.772. The fourth-order valence-electron chi connectivity index (χ4n) is 1.80. The second-order valence-electron chi connectivity index (χ2n) is 3.85. The number of carbonyl (C=O) groups excluding carboxylic acids is 1. The maximum Gasteiger partial charge on any atom is 0.224 e. The van der Waals surface area contributed by atoms with E-state index in [4.69, 9.17) is 0 Å². The highest BCUT2D eigenvalue weighted by Crippen LogP contribution is 2.13. The first-order valence-corrected chi connectivity index (χ1v) is 5.25. The molecular formula is C11H17Cl2N3O. The summed E-state index contributed by atoms with van der Waals surface area (Å²) in [6, 6.07) is 3.66. The summed E-state index contributed by atoms with van der Waals surface area (Å²) < 4.78 is 0. The van der Waals surface area contributed by atoms with Crippen LogP contribution in [0, 0.1) is 5.92 Å². The molecule has 1 atom stereocenters. The summed E-state index contributed by atoms with van der Waals surface area (Å²) in [4.78, 5) is 15.5. The van der Waals surface area contributed by atoms with Crippen LogP contribution in [0.4, 0.5) is 5.69 Å². The molecule has 0 saturated carbocycles. The molecule has 0 radical (unpaired) electrons. The Kier molecular flexibility index (Phi) is 7.87. The fraction of sp³-hybridized carbons (Fsp3) is 0.455. The van der Waals surface area contributed by atoms with Crippen LogP contribution in [-0.4, -0.2) is 24.0 Å². The Bertz CT molecular complexity index is 329. The molecular weight excluding hydrogens is 261 g/mol. The van der Waals surface area contributed by atoms with Crippen LogP contribution in [0.1, 0.15) is 12.8 Å². The normalized spacial score (nSPS) is 17.8. The zero-order chi connectivity index (χ0) is 10.5. The van der Waals surface area contributed by atoms with Crippen molar-refractivity contribution in [1.82, 2.24) is 10.3 Å². The van der Waals surface area contributed by atoms with E-state index in [-0.39, 0.29) is 30.7 Å². The first-order chi connectivity index (χ1) is 7.34. The third-order valence-corrected chi connectivity index (χ3v) is 2.58. The van der Waals surface area contributed by atoms with Gasteiger partial charge in [-0.3, -0.25) is 9.78 Å². The number of nitrogens with zero attached hydrogens (tertiary/aromatic N) is 1. The fourth-order valence-corrected chi connectivity index (χ4v) is 1.80. The minimum Gasteiger partial charge on any atom is -0.325 e. The van der Waals surface area contributed by atoms with Gasteiger partial charge in [0, 0.05) is 12.6 Å². The van der Waals surface area contributed by atoms with E-state index < -0.39 is 0 Å². The number of aromatic nitrogens is 1. The van der Waals surface area contributed by atoms with Crippen LogP contribution >= 0.6 is 24.8 Å². The summed E-state index contributed by atoms with van der Waals surface area (Å²) in [6.07, 6.45) is 5.05. The van der Waals surface area contributed by atoms with Crippen molar-refractivity contribution in [3.63, 3.8) is 0 Å². The van der Waals surface area contributed by atoms with Crippen molar-refractivity contribution < 1.29 is 4.79 Å². The number of amides is 1. The molecule has 6 heteroatoms. The molecule has 2 heterocycles. The van der Waals surface area contributed by atoms with Gasteiger partial charge in [-0.05, 0) is 37.6 Å². The van der Waals surface area contributed by atoms with Crippen LogP contribution in [-0.2, 0) is 4.79 Å². The topological polar surface area (TPSA) is 54.0 Å². The predicted molar refractivity (Wildman–Crippen MR) is 73.0 cm³/mol.